The molecule has 0 radical (unpaired) electrons. The minimum atomic E-state index is -0.449. The third-order valence-corrected chi connectivity index (χ3v) is 4.94. The summed E-state index contributed by atoms with van der Waals surface area (Å²) in [7, 11) is 1.32. The van der Waals surface area contributed by atoms with Gasteiger partial charge in [0.25, 0.3) is 0 Å². The van der Waals surface area contributed by atoms with Crippen LogP contribution in [0.25, 0.3) is 0 Å². The maximum absolute atomic E-state index is 12.5. The molecule has 1 aromatic rings. The fourth-order valence-electron chi connectivity index (χ4n) is 3.07. The number of nitrogens with one attached hydrogen (secondary N) is 1. The van der Waals surface area contributed by atoms with Gasteiger partial charge in [0.1, 0.15) is 0 Å². The van der Waals surface area contributed by atoms with Gasteiger partial charge in [0.15, 0.2) is 0 Å². The van der Waals surface area contributed by atoms with Crippen LogP contribution >= 0.6 is 11.6 Å². The van der Waals surface area contributed by atoms with Crippen molar-refractivity contribution in [1.29, 1.82) is 0 Å². The van der Waals surface area contributed by atoms with Crippen LogP contribution in [-0.4, -0.2) is 43.0 Å². The number of likely N-dealkylation sites (tertiary alicyclic amines) is 1. The zero-order chi connectivity index (χ0) is 16.4. The Morgan fingerprint density at radius 1 is 1.22 bits per heavy atom. The molecule has 6 heteroatoms. The van der Waals surface area contributed by atoms with Gasteiger partial charge in [-0.15, -0.1) is 0 Å². The SMILES string of the molecule is COC(=O)c1ccc(Cl)c(NC(=O)C2CCN(C3CC3)CC2)c1. The Bertz CT molecular complexity index is 608. The largest absolute Gasteiger partial charge is 0.465 e. The number of nitrogens with zero attached hydrogens (tertiary/aromatic N) is 1. The van der Waals surface area contributed by atoms with E-state index in [0.29, 0.717) is 16.3 Å². The summed E-state index contributed by atoms with van der Waals surface area (Å²) < 4.78 is 4.69. The van der Waals surface area contributed by atoms with E-state index in [2.05, 4.69) is 10.2 Å². The highest BCUT2D eigenvalue weighted by molar-refractivity contribution is 6.33. The summed E-state index contributed by atoms with van der Waals surface area (Å²) in [4.78, 5) is 26.5. The first-order valence-electron chi connectivity index (χ1n) is 8.01. The summed E-state index contributed by atoms with van der Waals surface area (Å²) >= 11 is 6.13. The molecule has 1 heterocycles. The van der Waals surface area contributed by atoms with E-state index in [4.69, 9.17) is 16.3 Å². The Morgan fingerprint density at radius 3 is 2.52 bits per heavy atom. The van der Waals surface area contributed by atoms with Crippen molar-refractivity contribution in [1.82, 2.24) is 4.90 Å². The van der Waals surface area contributed by atoms with Gasteiger partial charge in [-0.2, -0.15) is 0 Å². The van der Waals surface area contributed by atoms with Crippen molar-refractivity contribution in [3.8, 4) is 0 Å². The third kappa shape index (κ3) is 3.85. The number of methoxy groups -OCH3 is 1. The quantitative estimate of drug-likeness (QED) is 0.859. The molecule has 0 atom stereocenters. The Labute approximate surface area is 140 Å². The average Bonchev–Trinajstić information content (AvgIpc) is 3.41. The van der Waals surface area contributed by atoms with Crippen LogP contribution in [-0.2, 0) is 9.53 Å². The van der Waals surface area contributed by atoms with E-state index in [1.165, 1.54) is 20.0 Å². The first kappa shape index (κ1) is 16.3. The van der Waals surface area contributed by atoms with Gasteiger partial charge in [-0.1, -0.05) is 11.6 Å². The molecular formula is C17H21ClN2O3. The van der Waals surface area contributed by atoms with Crippen molar-refractivity contribution in [3.05, 3.63) is 28.8 Å². The molecule has 0 unspecified atom stereocenters. The van der Waals surface area contributed by atoms with Crippen LogP contribution in [0.2, 0.25) is 5.02 Å². The molecule has 23 heavy (non-hydrogen) atoms. The van der Waals surface area contributed by atoms with Gasteiger partial charge in [0.05, 0.1) is 23.4 Å². The lowest BCUT2D eigenvalue weighted by molar-refractivity contribution is -0.121. The van der Waals surface area contributed by atoms with Crippen molar-refractivity contribution in [2.75, 3.05) is 25.5 Å². The number of hydrogen-bond donors (Lipinski definition) is 1. The fraction of sp³-hybridized carbons (Fsp3) is 0.529. The first-order chi connectivity index (χ1) is 11.1. The number of carbonyl (C=O) groups excluding carboxylic acids is 2. The molecule has 124 valence electrons. The van der Waals surface area contributed by atoms with Crippen LogP contribution in [0, 0.1) is 5.92 Å². The summed E-state index contributed by atoms with van der Waals surface area (Å²) in [6, 6.07) is 5.49. The van der Waals surface area contributed by atoms with Crippen LogP contribution in [0.4, 0.5) is 5.69 Å². The lowest BCUT2D eigenvalue weighted by Crippen LogP contribution is -2.39. The van der Waals surface area contributed by atoms with E-state index in [1.54, 1.807) is 18.2 Å². The average molecular weight is 337 g/mol. The minimum Gasteiger partial charge on any atom is -0.465 e. The van der Waals surface area contributed by atoms with Gasteiger partial charge in [-0.3, -0.25) is 4.79 Å². The van der Waals surface area contributed by atoms with Gasteiger partial charge in [-0.05, 0) is 57.0 Å². The van der Waals surface area contributed by atoms with E-state index < -0.39 is 5.97 Å². The number of halogens is 1. The van der Waals surface area contributed by atoms with Crippen molar-refractivity contribution >= 4 is 29.2 Å². The van der Waals surface area contributed by atoms with Crippen molar-refractivity contribution < 1.29 is 14.3 Å². The third-order valence-electron chi connectivity index (χ3n) is 4.61. The summed E-state index contributed by atoms with van der Waals surface area (Å²) in [5.74, 6) is -0.470. The number of hydrogen-bond acceptors (Lipinski definition) is 4. The molecule has 3 rings (SSSR count). The second-order valence-corrected chi connectivity index (χ2v) is 6.62. The van der Waals surface area contributed by atoms with E-state index in [1.807, 2.05) is 0 Å². The van der Waals surface area contributed by atoms with Crippen LogP contribution in [0.5, 0.6) is 0 Å². The second kappa shape index (κ2) is 6.89. The van der Waals surface area contributed by atoms with Crippen LogP contribution in [0.15, 0.2) is 18.2 Å². The van der Waals surface area contributed by atoms with Gasteiger partial charge < -0.3 is 15.0 Å². The highest BCUT2D eigenvalue weighted by atomic mass is 35.5. The predicted octanol–water partition coefficient (Wildman–Crippen LogP) is 2.94. The van der Waals surface area contributed by atoms with Gasteiger partial charge >= 0.3 is 5.97 Å². The number of esters is 1. The van der Waals surface area contributed by atoms with Crippen molar-refractivity contribution in [3.63, 3.8) is 0 Å². The second-order valence-electron chi connectivity index (χ2n) is 6.22. The Hall–Kier alpha value is -1.59. The molecule has 1 saturated heterocycles. The predicted molar refractivity (Wildman–Crippen MR) is 88.7 cm³/mol. The Balaban J connectivity index is 1.62. The molecular weight excluding hydrogens is 316 g/mol. The molecule has 1 aromatic carbocycles. The van der Waals surface area contributed by atoms with Crippen molar-refractivity contribution in [2.24, 2.45) is 5.92 Å². The topological polar surface area (TPSA) is 58.6 Å². The molecule has 2 fully saturated rings. The Kier molecular flexibility index (Phi) is 4.87. The number of anilines is 1. The smallest absolute Gasteiger partial charge is 0.337 e. The van der Waals surface area contributed by atoms with E-state index in [-0.39, 0.29) is 11.8 Å². The van der Waals surface area contributed by atoms with Crippen molar-refractivity contribution in [2.45, 2.75) is 31.7 Å². The Morgan fingerprint density at radius 2 is 1.91 bits per heavy atom. The lowest BCUT2D eigenvalue weighted by Gasteiger charge is -2.31. The number of piperidine rings is 1. The van der Waals surface area contributed by atoms with Gasteiger partial charge in [0, 0.05) is 12.0 Å². The molecule has 2 aliphatic rings. The van der Waals surface area contributed by atoms with Gasteiger partial charge in [0.2, 0.25) is 5.91 Å². The summed E-state index contributed by atoms with van der Waals surface area (Å²) in [5, 5.41) is 3.28. The maximum Gasteiger partial charge on any atom is 0.337 e. The molecule has 1 N–H and O–H groups in total. The van der Waals surface area contributed by atoms with E-state index >= 15 is 0 Å². The first-order valence-corrected chi connectivity index (χ1v) is 8.39. The number of carbonyl (C=O) groups is 2. The minimum absolute atomic E-state index is 0.00264. The lowest BCUT2D eigenvalue weighted by atomic mass is 9.95. The van der Waals surface area contributed by atoms with Crippen LogP contribution in [0.1, 0.15) is 36.0 Å². The van der Waals surface area contributed by atoms with Gasteiger partial charge in [-0.25, -0.2) is 4.79 Å². The highest BCUT2D eigenvalue weighted by Gasteiger charge is 2.33. The molecule has 0 bridgehead atoms. The van der Waals surface area contributed by atoms with E-state index in [0.717, 1.165) is 32.0 Å². The summed E-state index contributed by atoms with van der Waals surface area (Å²) in [6.45, 7) is 1.97. The fourth-order valence-corrected chi connectivity index (χ4v) is 3.23. The molecule has 1 aliphatic heterocycles. The summed E-state index contributed by atoms with van der Waals surface area (Å²) in [5.41, 5.74) is 0.833. The molecule has 1 aliphatic carbocycles. The number of rotatable bonds is 4. The maximum atomic E-state index is 12.5. The summed E-state index contributed by atoms with van der Waals surface area (Å²) in [6.07, 6.45) is 4.34. The number of ether oxygens (including phenoxy) is 1. The molecule has 1 saturated carbocycles. The zero-order valence-electron chi connectivity index (χ0n) is 13.2. The highest BCUT2D eigenvalue weighted by Crippen LogP contribution is 2.31. The van der Waals surface area contributed by atoms with E-state index in [9.17, 15) is 9.59 Å². The number of amides is 1. The van der Waals surface area contributed by atoms with Crippen LogP contribution in [0.3, 0.4) is 0 Å². The van der Waals surface area contributed by atoms with Crippen LogP contribution < -0.4 is 5.32 Å². The normalized spacial score (nSPS) is 19.4. The molecule has 0 spiro atoms. The molecule has 5 nitrogen and oxygen atoms in total. The molecule has 1 amide bonds. The number of benzene rings is 1. The molecule has 0 aromatic heterocycles. The zero-order valence-corrected chi connectivity index (χ0v) is 13.9. The standard InChI is InChI=1S/C17H21ClN2O3/c1-23-17(22)12-2-5-14(18)15(10-12)19-16(21)11-6-8-20(9-7-11)13-3-4-13/h2,5,10-11,13H,3-4,6-9H2,1H3,(H,19,21). The monoisotopic (exact) mass is 336 g/mol.